The average molecular weight is 326 g/mol. The third kappa shape index (κ3) is 4.07. The van der Waals surface area contributed by atoms with Crippen molar-refractivity contribution in [3.63, 3.8) is 0 Å². The van der Waals surface area contributed by atoms with Crippen LogP contribution in [0.5, 0.6) is 0 Å². The molecule has 0 aliphatic carbocycles. The summed E-state index contributed by atoms with van der Waals surface area (Å²) in [5.41, 5.74) is -0.536. The molecule has 0 unspecified atom stereocenters. The zero-order chi connectivity index (χ0) is 16.1. The molecule has 2 heterocycles. The molecule has 0 spiro atoms. The number of nitrogens with one attached hydrogen (secondary N) is 1. The lowest BCUT2D eigenvalue weighted by Gasteiger charge is -2.01. The first kappa shape index (κ1) is 16.0. The summed E-state index contributed by atoms with van der Waals surface area (Å²) in [6, 6.07) is 1.30. The maximum absolute atomic E-state index is 11.7. The van der Waals surface area contributed by atoms with Gasteiger partial charge in [-0.3, -0.25) is 14.2 Å². The van der Waals surface area contributed by atoms with Crippen molar-refractivity contribution in [2.24, 2.45) is 0 Å². The predicted octanol–water partition coefficient (Wildman–Crippen LogP) is -0.0685. The summed E-state index contributed by atoms with van der Waals surface area (Å²) < 4.78 is 11.0. The molecule has 2 aromatic rings. The van der Waals surface area contributed by atoms with Gasteiger partial charge in [-0.1, -0.05) is 11.8 Å². The Labute approximate surface area is 128 Å². The van der Waals surface area contributed by atoms with E-state index in [-0.39, 0.29) is 23.4 Å². The molecule has 0 aliphatic rings. The fraction of sp³-hybridized carbons (Fsp3) is 0.417. The number of carbonyl (C=O) groups is 1. The third-order valence-corrected chi connectivity index (χ3v) is 3.31. The summed E-state index contributed by atoms with van der Waals surface area (Å²) in [5.74, 6) is -0.248. The zero-order valence-corrected chi connectivity index (χ0v) is 12.8. The van der Waals surface area contributed by atoms with Crippen LogP contribution in [0.15, 0.2) is 25.3 Å². The number of H-pyrrole nitrogens is 1. The van der Waals surface area contributed by atoms with Gasteiger partial charge in [0.2, 0.25) is 5.89 Å². The van der Waals surface area contributed by atoms with Crippen molar-refractivity contribution in [1.29, 1.82) is 0 Å². The molecule has 22 heavy (non-hydrogen) atoms. The number of aromatic amines is 1. The highest BCUT2D eigenvalue weighted by Crippen LogP contribution is 2.16. The van der Waals surface area contributed by atoms with Gasteiger partial charge in [0.15, 0.2) is 0 Å². The molecule has 2 rings (SSSR count). The summed E-state index contributed by atoms with van der Waals surface area (Å²) in [5, 5.41) is 7.64. The van der Waals surface area contributed by atoms with Crippen LogP contribution in [0.2, 0.25) is 0 Å². The number of rotatable bonds is 6. The second kappa shape index (κ2) is 7.07. The first-order valence-corrected chi connectivity index (χ1v) is 7.39. The summed E-state index contributed by atoms with van der Waals surface area (Å²) in [6.45, 7) is 3.49. The Bertz CT molecular complexity index is 747. The average Bonchev–Trinajstić information content (AvgIpc) is 2.89. The Morgan fingerprint density at radius 3 is 2.91 bits per heavy atom. The third-order valence-electron chi connectivity index (χ3n) is 2.52. The molecule has 0 radical (unpaired) electrons. The van der Waals surface area contributed by atoms with Gasteiger partial charge in [0, 0.05) is 11.8 Å². The van der Waals surface area contributed by atoms with Gasteiger partial charge in [0.25, 0.3) is 10.8 Å². The smallest absolute Gasteiger partial charge is 0.329 e. The number of thioether (sulfide) groups is 1. The first-order chi connectivity index (χ1) is 10.5. The van der Waals surface area contributed by atoms with E-state index in [9.17, 15) is 14.4 Å². The number of aromatic nitrogens is 4. The van der Waals surface area contributed by atoms with E-state index in [1.54, 1.807) is 13.8 Å². The molecule has 0 aromatic carbocycles. The first-order valence-electron chi connectivity index (χ1n) is 6.41. The van der Waals surface area contributed by atoms with E-state index in [0.717, 1.165) is 16.3 Å². The van der Waals surface area contributed by atoms with Gasteiger partial charge in [-0.25, -0.2) is 4.79 Å². The van der Waals surface area contributed by atoms with Gasteiger partial charge >= 0.3 is 11.7 Å². The van der Waals surface area contributed by atoms with E-state index in [0.29, 0.717) is 12.3 Å². The number of hydrogen-bond donors (Lipinski definition) is 1. The lowest BCUT2D eigenvalue weighted by Crippen LogP contribution is -2.35. The Hall–Kier alpha value is -2.36. The molecule has 0 saturated heterocycles. The topological polar surface area (TPSA) is 120 Å². The molecule has 118 valence electrons. The standard InChI is InChI=1S/C12H14N4O5S/c1-3-20-10(18)6-22-12-15-14-8(21-12)5-16-9(17)4-7(2)13-11(16)19/h4H,3,5-6H2,1-2H3,(H,13,19). The minimum atomic E-state index is -0.552. The number of hydrogen-bond acceptors (Lipinski definition) is 8. The van der Waals surface area contributed by atoms with E-state index in [2.05, 4.69) is 15.2 Å². The maximum Gasteiger partial charge on any atom is 0.329 e. The van der Waals surface area contributed by atoms with Crippen LogP contribution in [0.4, 0.5) is 0 Å². The van der Waals surface area contributed by atoms with Crippen molar-refractivity contribution in [1.82, 2.24) is 19.7 Å². The van der Waals surface area contributed by atoms with E-state index < -0.39 is 17.2 Å². The Balaban J connectivity index is 2.05. The van der Waals surface area contributed by atoms with Crippen molar-refractivity contribution in [2.75, 3.05) is 12.4 Å². The molecular formula is C12H14N4O5S. The van der Waals surface area contributed by atoms with Crippen molar-refractivity contribution >= 4 is 17.7 Å². The molecule has 2 aromatic heterocycles. The summed E-state index contributed by atoms with van der Waals surface area (Å²) in [7, 11) is 0. The second-order valence-electron chi connectivity index (χ2n) is 4.24. The molecule has 0 aliphatic heterocycles. The largest absolute Gasteiger partial charge is 0.465 e. The summed E-state index contributed by atoms with van der Waals surface area (Å²) in [6.07, 6.45) is 0. The fourth-order valence-corrected chi connectivity index (χ4v) is 2.18. The minimum Gasteiger partial charge on any atom is -0.465 e. The number of aryl methyl sites for hydroxylation is 1. The van der Waals surface area contributed by atoms with E-state index >= 15 is 0 Å². The monoisotopic (exact) mass is 326 g/mol. The Morgan fingerprint density at radius 1 is 1.45 bits per heavy atom. The van der Waals surface area contributed by atoms with Gasteiger partial charge < -0.3 is 14.1 Å². The molecular weight excluding hydrogens is 312 g/mol. The van der Waals surface area contributed by atoms with Crippen LogP contribution in [0, 0.1) is 6.92 Å². The molecule has 0 atom stereocenters. The lowest BCUT2D eigenvalue weighted by atomic mass is 10.4. The van der Waals surface area contributed by atoms with Crippen molar-refractivity contribution in [3.05, 3.63) is 38.5 Å². The molecule has 9 nitrogen and oxygen atoms in total. The number of carbonyl (C=O) groups excluding carboxylic acids is 1. The van der Waals surface area contributed by atoms with Gasteiger partial charge in [-0.05, 0) is 13.8 Å². The van der Waals surface area contributed by atoms with Crippen molar-refractivity contribution in [3.8, 4) is 0 Å². The Morgan fingerprint density at radius 2 is 2.23 bits per heavy atom. The van der Waals surface area contributed by atoms with E-state index in [1.165, 1.54) is 6.07 Å². The van der Waals surface area contributed by atoms with Crippen LogP contribution in [-0.2, 0) is 16.1 Å². The van der Waals surface area contributed by atoms with Crippen LogP contribution >= 0.6 is 11.8 Å². The molecule has 1 N–H and O–H groups in total. The normalized spacial score (nSPS) is 10.6. The van der Waals surface area contributed by atoms with Crippen molar-refractivity contribution in [2.45, 2.75) is 25.6 Å². The van der Waals surface area contributed by atoms with Crippen LogP contribution in [0.3, 0.4) is 0 Å². The second-order valence-corrected chi connectivity index (χ2v) is 5.16. The zero-order valence-electron chi connectivity index (χ0n) is 12.0. The van der Waals surface area contributed by atoms with Gasteiger partial charge in [0.1, 0.15) is 12.3 Å². The minimum absolute atomic E-state index is 0.0422. The number of esters is 1. The summed E-state index contributed by atoms with van der Waals surface area (Å²) >= 11 is 1.02. The molecule has 0 saturated carbocycles. The summed E-state index contributed by atoms with van der Waals surface area (Å²) in [4.78, 5) is 37.2. The van der Waals surface area contributed by atoms with Crippen LogP contribution < -0.4 is 11.2 Å². The Kier molecular flexibility index (Phi) is 5.15. The predicted molar refractivity (Wildman–Crippen MR) is 76.8 cm³/mol. The van der Waals surface area contributed by atoms with Gasteiger partial charge in [0.05, 0.1) is 6.61 Å². The quantitative estimate of drug-likeness (QED) is 0.578. The van der Waals surface area contributed by atoms with Crippen LogP contribution in [-0.4, -0.2) is 38.1 Å². The van der Waals surface area contributed by atoms with E-state index in [1.807, 2.05) is 0 Å². The molecule has 0 bridgehead atoms. The lowest BCUT2D eigenvalue weighted by molar-refractivity contribution is -0.139. The highest BCUT2D eigenvalue weighted by Gasteiger charge is 2.12. The van der Waals surface area contributed by atoms with Crippen LogP contribution in [0.1, 0.15) is 18.5 Å². The fourth-order valence-electron chi connectivity index (χ4n) is 1.60. The number of nitrogens with zero attached hydrogens (tertiary/aromatic N) is 3. The highest BCUT2D eigenvalue weighted by atomic mass is 32.2. The van der Waals surface area contributed by atoms with Crippen LogP contribution in [0.25, 0.3) is 0 Å². The molecule has 0 fully saturated rings. The van der Waals surface area contributed by atoms with Crippen molar-refractivity contribution < 1.29 is 13.9 Å². The number of ether oxygens (including phenoxy) is 1. The van der Waals surface area contributed by atoms with Gasteiger partial charge in [-0.2, -0.15) is 0 Å². The molecule has 10 heteroatoms. The van der Waals surface area contributed by atoms with Gasteiger partial charge in [-0.15, -0.1) is 10.2 Å². The van der Waals surface area contributed by atoms with E-state index in [4.69, 9.17) is 9.15 Å². The SMILES string of the molecule is CCOC(=O)CSc1nnc(Cn2c(=O)cc(C)[nH]c2=O)o1. The highest BCUT2D eigenvalue weighted by molar-refractivity contribution is 7.99. The molecule has 0 amide bonds. The maximum atomic E-state index is 11.7.